The summed E-state index contributed by atoms with van der Waals surface area (Å²) in [5, 5.41) is 0. The molecule has 0 amide bonds. The summed E-state index contributed by atoms with van der Waals surface area (Å²) in [5.74, 6) is -0.978. The van der Waals surface area contributed by atoms with E-state index in [0.29, 0.717) is 13.2 Å². The average molecular weight is 214 g/mol. The van der Waals surface area contributed by atoms with E-state index in [-0.39, 0.29) is 11.9 Å². The van der Waals surface area contributed by atoms with Crippen molar-refractivity contribution in [2.45, 2.75) is 18.9 Å². The summed E-state index contributed by atoms with van der Waals surface area (Å²) < 4.78 is 36.3. The molecule has 0 radical (unpaired) electrons. The van der Waals surface area contributed by atoms with Crippen molar-refractivity contribution >= 4 is 0 Å². The molecule has 82 valence electrons. The number of hydrogen-bond acceptors (Lipinski definition) is 2. The number of ether oxygens (including phenoxy) is 2. The lowest BCUT2D eigenvalue weighted by molar-refractivity contribution is 0.0253. The van der Waals surface area contributed by atoms with Gasteiger partial charge in [-0.3, -0.25) is 0 Å². The lowest BCUT2D eigenvalue weighted by Crippen LogP contribution is -2.25. The van der Waals surface area contributed by atoms with Crippen LogP contribution >= 0.6 is 0 Å². The quantitative estimate of drug-likeness (QED) is 0.753. The van der Waals surface area contributed by atoms with E-state index in [1.807, 2.05) is 0 Å². The summed E-state index contributed by atoms with van der Waals surface area (Å²) >= 11 is 0. The Morgan fingerprint density at radius 1 is 1.07 bits per heavy atom. The number of hydrogen-bond donors (Lipinski definition) is 0. The zero-order valence-corrected chi connectivity index (χ0v) is 8.21. The van der Waals surface area contributed by atoms with Crippen molar-refractivity contribution in [1.29, 1.82) is 0 Å². The van der Waals surface area contributed by atoms with Crippen LogP contribution in [0.1, 0.15) is 12.8 Å². The van der Waals surface area contributed by atoms with Gasteiger partial charge >= 0.3 is 0 Å². The molecule has 0 N–H and O–H groups in total. The van der Waals surface area contributed by atoms with Crippen LogP contribution in [-0.4, -0.2) is 19.3 Å². The molecule has 0 saturated carbocycles. The van der Waals surface area contributed by atoms with Crippen LogP contribution in [0.3, 0.4) is 0 Å². The Morgan fingerprint density at radius 3 is 2.27 bits per heavy atom. The summed E-state index contributed by atoms with van der Waals surface area (Å²) in [6.45, 7) is 1.28. The Hall–Kier alpha value is -1.16. The largest absolute Gasteiger partial charge is 0.490 e. The Bertz CT molecular complexity index is 315. The van der Waals surface area contributed by atoms with Crippen LogP contribution in [0.5, 0.6) is 5.75 Å². The van der Waals surface area contributed by atoms with Gasteiger partial charge in [0.2, 0.25) is 0 Å². The van der Waals surface area contributed by atoms with Gasteiger partial charge in [0.05, 0.1) is 13.2 Å². The van der Waals surface area contributed by atoms with Crippen LogP contribution in [0.4, 0.5) is 8.78 Å². The molecule has 0 aliphatic carbocycles. The van der Waals surface area contributed by atoms with Crippen LogP contribution in [-0.2, 0) is 4.74 Å². The van der Waals surface area contributed by atoms with Crippen molar-refractivity contribution in [3.8, 4) is 5.75 Å². The Labute approximate surface area is 86.8 Å². The van der Waals surface area contributed by atoms with Crippen LogP contribution in [0.25, 0.3) is 0 Å². The second-order valence-corrected chi connectivity index (χ2v) is 3.53. The minimum absolute atomic E-state index is 0.0000463. The summed E-state index contributed by atoms with van der Waals surface area (Å²) in [6, 6.07) is 3.22. The third-order valence-electron chi connectivity index (χ3n) is 2.31. The Morgan fingerprint density at radius 2 is 1.67 bits per heavy atom. The highest BCUT2D eigenvalue weighted by molar-refractivity contribution is 5.24. The first-order valence-electron chi connectivity index (χ1n) is 4.94. The van der Waals surface area contributed by atoms with E-state index < -0.39 is 11.6 Å². The second-order valence-electron chi connectivity index (χ2n) is 3.53. The number of rotatable bonds is 2. The maximum absolute atomic E-state index is 12.8. The first kappa shape index (κ1) is 10.4. The molecule has 0 atom stereocenters. The lowest BCUT2D eigenvalue weighted by Gasteiger charge is -2.23. The normalized spacial score (nSPS) is 17.7. The SMILES string of the molecule is Fc1cc(F)cc(OC2CCOCC2)c1. The molecule has 1 aliphatic rings. The maximum Gasteiger partial charge on any atom is 0.129 e. The summed E-state index contributed by atoms with van der Waals surface area (Å²) in [4.78, 5) is 0. The van der Waals surface area contributed by atoms with E-state index in [1.165, 1.54) is 12.1 Å². The Balaban J connectivity index is 2.02. The molecule has 1 aliphatic heterocycles. The van der Waals surface area contributed by atoms with Crippen LogP contribution in [0.15, 0.2) is 18.2 Å². The van der Waals surface area contributed by atoms with E-state index >= 15 is 0 Å². The van der Waals surface area contributed by atoms with Crippen molar-refractivity contribution in [3.05, 3.63) is 29.8 Å². The standard InChI is InChI=1S/C11H12F2O2/c12-8-5-9(13)7-11(6-8)15-10-1-3-14-4-2-10/h5-7,10H,1-4H2. The molecule has 2 nitrogen and oxygen atoms in total. The van der Waals surface area contributed by atoms with E-state index in [1.54, 1.807) is 0 Å². The van der Waals surface area contributed by atoms with Crippen molar-refractivity contribution in [2.24, 2.45) is 0 Å². The average Bonchev–Trinajstić information content (AvgIpc) is 2.17. The van der Waals surface area contributed by atoms with E-state index in [0.717, 1.165) is 18.9 Å². The highest BCUT2D eigenvalue weighted by atomic mass is 19.1. The predicted molar refractivity (Wildman–Crippen MR) is 50.8 cm³/mol. The highest BCUT2D eigenvalue weighted by Gasteiger charge is 2.15. The second kappa shape index (κ2) is 4.57. The van der Waals surface area contributed by atoms with Gasteiger partial charge in [0, 0.05) is 31.0 Å². The fraction of sp³-hybridized carbons (Fsp3) is 0.455. The molecule has 0 unspecified atom stereocenters. The molecule has 0 aromatic heterocycles. The molecule has 2 rings (SSSR count). The molecule has 1 heterocycles. The molecule has 15 heavy (non-hydrogen) atoms. The Kier molecular flexibility index (Phi) is 3.16. The van der Waals surface area contributed by atoms with Crippen molar-refractivity contribution in [1.82, 2.24) is 0 Å². The van der Waals surface area contributed by atoms with Gasteiger partial charge in [-0.1, -0.05) is 0 Å². The van der Waals surface area contributed by atoms with Gasteiger partial charge in [-0.25, -0.2) is 8.78 Å². The van der Waals surface area contributed by atoms with Crippen LogP contribution in [0.2, 0.25) is 0 Å². The number of halogens is 2. The molecule has 1 saturated heterocycles. The smallest absolute Gasteiger partial charge is 0.129 e. The third-order valence-corrected chi connectivity index (χ3v) is 2.31. The van der Waals surface area contributed by atoms with E-state index in [4.69, 9.17) is 9.47 Å². The minimum atomic E-state index is -0.614. The molecule has 1 aromatic rings. The van der Waals surface area contributed by atoms with Gasteiger partial charge in [0.1, 0.15) is 23.5 Å². The maximum atomic E-state index is 12.8. The van der Waals surface area contributed by atoms with Crippen molar-refractivity contribution < 1.29 is 18.3 Å². The summed E-state index contributed by atoms with van der Waals surface area (Å²) in [7, 11) is 0. The monoisotopic (exact) mass is 214 g/mol. The molecule has 4 heteroatoms. The van der Waals surface area contributed by atoms with Crippen LogP contribution < -0.4 is 4.74 Å². The van der Waals surface area contributed by atoms with Crippen molar-refractivity contribution in [2.75, 3.05) is 13.2 Å². The van der Waals surface area contributed by atoms with Gasteiger partial charge in [0.15, 0.2) is 0 Å². The van der Waals surface area contributed by atoms with Gasteiger partial charge in [-0.2, -0.15) is 0 Å². The van der Waals surface area contributed by atoms with E-state index in [9.17, 15) is 8.78 Å². The fourth-order valence-corrected chi connectivity index (χ4v) is 1.58. The molecule has 0 bridgehead atoms. The molecular formula is C11H12F2O2. The third kappa shape index (κ3) is 2.89. The molecule has 1 fully saturated rings. The van der Waals surface area contributed by atoms with Gasteiger partial charge in [-0.05, 0) is 0 Å². The van der Waals surface area contributed by atoms with Crippen LogP contribution in [0, 0.1) is 11.6 Å². The topological polar surface area (TPSA) is 18.5 Å². The van der Waals surface area contributed by atoms with Gasteiger partial charge in [-0.15, -0.1) is 0 Å². The van der Waals surface area contributed by atoms with Gasteiger partial charge in [0.25, 0.3) is 0 Å². The fourth-order valence-electron chi connectivity index (χ4n) is 1.58. The minimum Gasteiger partial charge on any atom is -0.490 e. The summed E-state index contributed by atoms with van der Waals surface area (Å²) in [5.41, 5.74) is 0. The predicted octanol–water partition coefficient (Wildman–Crippen LogP) is 2.52. The molecule has 1 aromatic carbocycles. The molecule has 0 spiro atoms. The highest BCUT2D eigenvalue weighted by Crippen LogP contribution is 2.20. The van der Waals surface area contributed by atoms with E-state index in [2.05, 4.69) is 0 Å². The zero-order valence-electron chi connectivity index (χ0n) is 8.21. The first-order chi connectivity index (χ1) is 7.24. The molecular weight excluding hydrogens is 202 g/mol. The lowest BCUT2D eigenvalue weighted by atomic mass is 10.1. The summed E-state index contributed by atoms with van der Waals surface area (Å²) in [6.07, 6.45) is 1.52. The number of benzene rings is 1. The van der Waals surface area contributed by atoms with Gasteiger partial charge < -0.3 is 9.47 Å². The zero-order chi connectivity index (χ0) is 10.7. The first-order valence-corrected chi connectivity index (χ1v) is 4.94. The van der Waals surface area contributed by atoms with Crippen molar-refractivity contribution in [3.63, 3.8) is 0 Å².